The first-order chi connectivity index (χ1) is 20.0. The first-order valence-corrected chi connectivity index (χ1v) is 14.9. The molecule has 1 N–H and O–H groups in total. The number of carbonyl (C=O) groups is 2. The number of anilines is 1. The van der Waals surface area contributed by atoms with Crippen molar-refractivity contribution in [2.75, 3.05) is 25.1 Å². The monoisotopic (exact) mass is 590 g/mol. The Kier molecular flexibility index (Phi) is 8.53. The molecule has 42 heavy (non-hydrogen) atoms. The Balaban J connectivity index is 1.52. The largest absolute Gasteiger partial charge is 0.493 e. The van der Waals surface area contributed by atoms with E-state index in [-0.39, 0.29) is 30.3 Å². The second kappa shape index (κ2) is 12.0. The summed E-state index contributed by atoms with van der Waals surface area (Å²) < 4.78 is 11.7. The lowest BCUT2D eigenvalue weighted by molar-refractivity contribution is -0.132. The predicted octanol–water partition coefficient (Wildman–Crippen LogP) is 6.28. The molecule has 3 aromatic carbocycles. The van der Waals surface area contributed by atoms with Crippen LogP contribution in [0.3, 0.4) is 0 Å². The van der Waals surface area contributed by atoms with E-state index in [2.05, 4.69) is 0 Å². The summed E-state index contributed by atoms with van der Waals surface area (Å²) in [6.45, 7) is 8.66. The van der Waals surface area contributed by atoms with E-state index in [4.69, 9.17) is 21.1 Å². The van der Waals surface area contributed by atoms with Crippen molar-refractivity contribution >= 4 is 29.1 Å². The van der Waals surface area contributed by atoms with Gasteiger partial charge in [-0.2, -0.15) is 0 Å². The summed E-state index contributed by atoms with van der Waals surface area (Å²) >= 11 is 6.24. The van der Waals surface area contributed by atoms with Gasteiger partial charge in [0.15, 0.2) is 11.5 Å². The van der Waals surface area contributed by atoms with Crippen LogP contribution in [0.25, 0.3) is 0 Å². The Labute approximate surface area is 253 Å². The van der Waals surface area contributed by atoms with Gasteiger partial charge in [0, 0.05) is 30.7 Å². The number of rotatable bonds is 7. The van der Waals surface area contributed by atoms with Gasteiger partial charge in [-0.05, 0) is 98.2 Å². The average molecular weight is 591 g/mol. The number of halogens is 1. The molecule has 2 aliphatic rings. The molecule has 7 nitrogen and oxygen atoms in total. The summed E-state index contributed by atoms with van der Waals surface area (Å²) in [5, 5.41) is 12.2. The van der Waals surface area contributed by atoms with Gasteiger partial charge >= 0.3 is 0 Å². The lowest BCUT2D eigenvalue weighted by Gasteiger charge is -2.40. The van der Waals surface area contributed by atoms with E-state index in [1.165, 1.54) is 0 Å². The first-order valence-electron chi connectivity index (χ1n) is 14.5. The van der Waals surface area contributed by atoms with Gasteiger partial charge in [0.2, 0.25) is 11.8 Å². The predicted molar refractivity (Wildman–Crippen MR) is 164 cm³/mol. The van der Waals surface area contributed by atoms with E-state index in [1.54, 1.807) is 14.0 Å². The van der Waals surface area contributed by atoms with Crippen LogP contribution in [0.4, 0.5) is 5.69 Å². The minimum atomic E-state index is -1.06. The average Bonchev–Trinajstić information content (AvgIpc) is 2.96. The highest BCUT2D eigenvalue weighted by atomic mass is 35.5. The van der Waals surface area contributed by atoms with Crippen LogP contribution in [0.2, 0.25) is 5.02 Å². The van der Waals surface area contributed by atoms with E-state index in [0.717, 1.165) is 40.8 Å². The Morgan fingerprint density at radius 1 is 1.02 bits per heavy atom. The lowest BCUT2D eigenvalue weighted by atomic mass is 9.77. The number of carbonyl (C=O) groups excluding carboxylic acids is 2. The topological polar surface area (TPSA) is 79.3 Å². The highest BCUT2D eigenvalue weighted by Crippen LogP contribution is 2.44. The number of amides is 2. The van der Waals surface area contributed by atoms with E-state index in [0.29, 0.717) is 29.6 Å². The number of hydrogen-bond acceptors (Lipinski definition) is 5. The molecule has 0 aliphatic carbocycles. The Morgan fingerprint density at radius 3 is 2.24 bits per heavy atom. The van der Waals surface area contributed by atoms with Crippen molar-refractivity contribution in [3.05, 3.63) is 87.9 Å². The maximum Gasteiger partial charge on any atom is 0.232 e. The number of aliphatic hydroxyl groups is 1. The summed E-state index contributed by atoms with van der Waals surface area (Å²) in [5.41, 5.74) is 3.23. The van der Waals surface area contributed by atoms with Crippen molar-refractivity contribution in [1.29, 1.82) is 0 Å². The molecule has 0 spiro atoms. The van der Waals surface area contributed by atoms with Crippen molar-refractivity contribution in [3.8, 4) is 11.5 Å². The molecule has 1 fully saturated rings. The normalized spacial score (nSPS) is 19.0. The second-order valence-corrected chi connectivity index (χ2v) is 12.2. The molecule has 2 heterocycles. The van der Waals surface area contributed by atoms with Crippen molar-refractivity contribution in [3.63, 3.8) is 0 Å². The van der Waals surface area contributed by atoms with E-state index >= 15 is 0 Å². The molecule has 8 heteroatoms. The van der Waals surface area contributed by atoms with Crippen LogP contribution in [-0.2, 0) is 21.6 Å². The van der Waals surface area contributed by atoms with E-state index in [9.17, 15) is 14.7 Å². The number of likely N-dealkylation sites (tertiary alicyclic amines) is 1. The molecule has 0 aromatic heterocycles. The SMILES string of the molecule is COc1cc2c(cc1OC(C)C)[C@H](c1ccc(Cl)cc1)N(c1ccc([C@@](C)(O)C3CCN(C(C)=O)CC3)cc1)C(=O)C2. The molecule has 2 aliphatic heterocycles. The minimum absolute atomic E-state index is 0.0265. The highest BCUT2D eigenvalue weighted by Gasteiger charge is 2.38. The number of piperidine rings is 1. The van der Waals surface area contributed by atoms with Gasteiger partial charge in [-0.1, -0.05) is 35.9 Å². The number of benzene rings is 3. The summed E-state index contributed by atoms with van der Waals surface area (Å²) in [4.78, 5) is 29.3. The highest BCUT2D eigenvalue weighted by molar-refractivity contribution is 6.30. The van der Waals surface area contributed by atoms with Crippen LogP contribution in [0, 0.1) is 5.92 Å². The van der Waals surface area contributed by atoms with Gasteiger partial charge < -0.3 is 24.4 Å². The standard InChI is InChI=1S/C34H39ClN2O5/c1-21(2)42-31-20-29-24(18-30(31)41-5)19-32(39)37(33(29)23-6-10-27(35)11-7-23)28-12-8-25(9-13-28)34(4,40)26-14-16-36(17-15-26)22(3)38/h6-13,18,20-21,26,33,40H,14-17,19H2,1-5H3/t33-,34+/m0/s1. The molecule has 0 bridgehead atoms. The number of methoxy groups -OCH3 is 1. The van der Waals surface area contributed by atoms with Crippen LogP contribution in [0.1, 0.15) is 68.8 Å². The molecular formula is C34H39ClN2O5. The fourth-order valence-electron chi connectivity index (χ4n) is 6.28. The van der Waals surface area contributed by atoms with Gasteiger partial charge in [0.25, 0.3) is 0 Å². The van der Waals surface area contributed by atoms with Crippen molar-refractivity contribution in [2.24, 2.45) is 5.92 Å². The Morgan fingerprint density at radius 2 is 1.67 bits per heavy atom. The number of ether oxygens (including phenoxy) is 2. The quantitative estimate of drug-likeness (QED) is 0.350. The third kappa shape index (κ3) is 5.86. The molecule has 3 aromatic rings. The number of nitrogens with zero attached hydrogens (tertiary/aromatic N) is 2. The van der Waals surface area contributed by atoms with Gasteiger partial charge in [0.1, 0.15) is 0 Å². The molecule has 0 unspecified atom stereocenters. The Hall–Kier alpha value is -3.55. The van der Waals surface area contributed by atoms with Gasteiger partial charge in [0.05, 0.1) is 31.3 Å². The number of hydrogen-bond donors (Lipinski definition) is 1. The van der Waals surface area contributed by atoms with Crippen LogP contribution in [0.15, 0.2) is 60.7 Å². The third-order valence-electron chi connectivity index (χ3n) is 8.60. The van der Waals surface area contributed by atoms with Gasteiger partial charge in [-0.15, -0.1) is 0 Å². The zero-order valence-electron chi connectivity index (χ0n) is 24.9. The summed E-state index contributed by atoms with van der Waals surface area (Å²) in [5.74, 6) is 1.28. The Bertz CT molecular complexity index is 1440. The minimum Gasteiger partial charge on any atom is -0.493 e. The molecular weight excluding hydrogens is 552 g/mol. The fraction of sp³-hybridized carbons (Fsp3) is 0.412. The van der Waals surface area contributed by atoms with Crippen LogP contribution in [-0.4, -0.2) is 48.1 Å². The zero-order chi connectivity index (χ0) is 30.2. The molecule has 2 atom stereocenters. The molecule has 5 rings (SSSR count). The maximum absolute atomic E-state index is 13.8. The van der Waals surface area contributed by atoms with E-state index < -0.39 is 11.6 Å². The van der Waals surface area contributed by atoms with Crippen molar-refractivity contribution in [1.82, 2.24) is 4.90 Å². The number of fused-ring (bicyclic) bond motifs is 1. The first kappa shape index (κ1) is 29.9. The molecule has 1 saturated heterocycles. The van der Waals surface area contributed by atoms with Crippen molar-refractivity contribution < 1.29 is 24.2 Å². The summed E-state index contributed by atoms with van der Waals surface area (Å²) in [7, 11) is 1.60. The van der Waals surface area contributed by atoms with Crippen molar-refractivity contribution in [2.45, 2.75) is 64.7 Å². The maximum atomic E-state index is 13.8. The molecule has 0 saturated carbocycles. The smallest absolute Gasteiger partial charge is 0.232 e. The van der Waals surface area contributed by atoms with E-state index in [1.807, 2.05) is 91.2 Å². The summed E-state index contributed by atoms with van der Waals surface area (Å²) in [6.07, 6.45) is 1.63. The second-order valence-electron chi connectivity index (χ2n) is 11.7. The molecule has 0 radical (unpaired) electrons. The van der Waals surface area contributed by atoms with Crippen LogP contribution >= 0.6 is 11.6 Å². The molecule has 2 amide bonds. The lowest BCUT2D eigenvalue weighted by Crippen LogP contribution is -2.43. The zero-order valence-corrected chi connectivity index (χ0v) is 25.6. The summed E-state index contributed by atoms with van der Waals surface area (Å²) in [6, 6.07) is 18.7. The van der Waals surface area contributed by atoms with Gasteiger partial charge in [-0.25, -0.2) is 0 Å². The fourth-order valence-corrected chi connectivity index (χ4v) is 6.41. The van der Waals surface area contributed by atoms with Crippen LogP contribution in [0.5, 0.6) is 11.5 Å². The molecule has 222 valence electrons. The third-order valence-corrected chi connectivity index (χ3v) is 8.85. The van der Waals surface area contributed by atoms with Gasteiger partial charge in [-0.3, -0.25) is 9.59 Å². The van der Waals surface area contributed by atoms with Crippen LogP contribution < -0.4 is 14.4 Å².